The molecule has 1 unspecified atom stereocenters. The van der Waals surface area contributed by atoms with E-state index in [9.17, 15) is 8.42 Å². The summed E-state index contributed by atoms with van der Waals surface area (Å²) in [7, 11) is -3.55. The summed E-state index contributed by atoms with van der Waals surface area (Å²) in [4.78, 5) is 0.262. The molecule has 0 radical (unpaired) electrons. The molecule has 0 fully saturated rings. The van der Waals surface area contributed by atoms with Gasteiger partial charge in [0, 0.05) is 18.6 Å². The van der Waals surface area contributed by atoms with Crippen LogP contribution in [-0.4, -0.2) is 30.7 Å². The minimum absolute atomic E-state index is 0.125. The lowest BCUT2D eigenvalue weighted by molar-refractivity contribution is 0.475. The molecule has 0 aliphatic carbocycles. The Morgan fingerprint density at radius 3 is 2.30 bits per heavy atom. The number of nitrogens with one attached hydrogen (secondary N) is 3. The fourth-order valence-electron chi connectivity index (χ4n) is 1.69. The standard InChI is InChI=1S/C13H26N4O2S/c1-8(2)10(5)17-20(18,19)13-11(6)15-16-12(13)7-14-9(3)4/h8-10,14,17H,7H2,1-6H3,(H,15,16). The molecule has 0 aliphatic rings. The lowest BCUT2D eigenvalue weighted by Crippen LogP contribution is -2.37. The molecule has 0 bridgehead atoms. The van der Waals surface area contributed by atoms with Crippen LogP contribution in [0.1, 0.15) is 46.0 Å². The maximum Gasteiger partial charge on any atom is 0.244 e. The van der Waals surface area contributed by atoms with E-state index < -0.39 is 10.0 Å². The summed E-state index contributed by atoms with van der Waals surface area (Å²) in [6.07, 6.45) is 0. The minimum Gasteiger partial charge on any atom is -0.309 e. The van der Waals surface area contributed by atoms with Crippen molar-refractivity contribution in [3.8, 4) is 0 Å². The smallest absolute Gasteiger partial charge is 0.244 e. The van der Waals surface area contributed by atoms with Gasteiger partial charge in [0.25, 0.3) is 0 Å². The van der Waals surface area contributed by atoms with Gasteiger partial charge < -0.3 is 5.32 Å². The van der Waals surface area contributed by atoms with Gasteiger partial charge in [-0.1, -0.05) is 27.7 Å². The van der Waals surface area contributed by atoms with Crippen LogP contribution < -0.4 is 10.0 Å². The first kappa shape index (κ1) is 17.1. The first-order valence-electron chi connectivity index (χ1n) is 6.94. The van der Waals surface area contributed by atoms with E-state index in [2.05, 4.69) is 20.2 Å². The Hall–Kier alpha value is -0.920. The zero-order valence-electron chi connectivity index (χ0n) is 13.1. The molecule has 0 aliphatic heterocycles. The normalized spacial score (nSPS) is 14.2. The van der Waals surface area contributed by atoms with Gasteiger partial charge in [0.05, 0.1) is 11.4 Å². The Morgan fingerprint density at radius 2 is 1.80 bits per heavy atom. The van der Waals surface area contributed by atoms with Crippen LogP contribution in [0.4, 0.5) is 0 Å². The zero-order valence-corrected chi connectivity index (χ0v) is 13.9. The number of rotatable bonds is 7. The molecule has 116 valence electrons. The van der Waals surface area contributed by atoms with Crippen LogP contribution in [0.5, 0.6) is 0 Å². The minimum atomic E-state index is -3.55. The van der Waals surface area contributed by atoms with E-state index in [1.807, 2.05) is 34.6 Å². The number of nitrogens with zero attached hydrogens (tertiary/aromatic N) is 1. The molecule has 0 amide bonds. The second kappa shape index (κ2) is 6.69. The van der Waals surface area contributed by atoms with Crippen molar-refractivity contribution < 1.29 is 8.42 Å². The first-order chi connectivity index (χ1) is 9.15. The molecular formula is C13H26N4O2S. The third-order valence-corrected chi connectivity index (χ3v) is 5.01. The van der Waals surface area contributed by atoms with Crippen molar-refractivity contribution >= 4 is 10.0 Å². The summed E-state index contributed by atoms with van der Waals surface area (Å²) in [6.45, 7) is 12.0. The highest BCUT2D eigenvalue weighted by molar-refractivity contribution is 7.89. The van der Waals surface area contributed by atoms with Crippen LogP contribution in [-0.2, 0) is 16.6 Å². The molecule has 7 heteroatoms. The Morgan fingerprint density at radius 1 is 1.20 bits per heavy atom. The average molecular weight is 302 g/mol. The van der Waals surface area contributed by atoms with Crippen molar-refractivity contribution in [1.29, 1.82) is 0 Å². The highest BCUT2D eigenvalue weighted by Gasteiger charge is 2.26. The quantitative estimate of drug-likeness (QED) is 0.713. The average Bonchev–Trinajstić information content (AvgIpc) is 2.67. The fourth-order valence-corrected chi connectivity index (χ4v) is 3.44. The molecule has 20 heavy (non-hydrogen) atoms. The van der Waals surface area contributed by atoms with E-state index in [1.54, 1.807) is 6.92 Å². The van der Waals surface area contributed by atoms with Crippen LogP contribution in [0.2, 0.25) is 0 Å². The summed E-state index contributed by atoms with van der Waals surface area (Å²) in [5.74, 6) is 0.231. The third-order valence-electron chi connectivity index (χ3n) is 3.25. The van der Waals surface area contributed by atoms with Crippen molar-refractivity contribution in [2.75, 3.05) is 0 Å². The van der Waals surface area contributed by atoms with E-state index in [0.29, 0.717) is 17.9 Å². The van der Waals surface area contributed by atoms with Gasteiger partial charge in [-0.05, 0) is 19.8 Å². The van der Waals surface area contributed by atoms with E-state index in [-0.39, 0.29) is 22.9 Å². The number of H-pyrrole nitrogens is 1. The highest BCUT2D eigenvalue weighted by Crippen LogP contribution is 2.19. The number of hydrogen-bond acceptors (Lipinski definition) is 4. The van der Waals surface area contributed by atoms with Gasteiger partial charge in [-0.3, -0.25) is 5.10 Å². The van der Waals surface area contributed by atoms with Gasteiger partial charge in [0.2, 0.25) is 10.0 Å². The topological polar surface area (TPSA) is 86.9 Å². The SMILES string of the molecule is Cc1[nH]nc(CNC(C)C)c1S(=O)(=O)NC(C)C(C)C. The van der Waals surface area contributed by atoms with Crippen LogP contribution in [0.15, 0.2) is 4.90 Å². The van der Waals surface area contributed by atoms with E-state index in [0.717, 1.165) is 0 Å². The number of aryl methyl sites for hydroxylation is 1. The summed E-state index contributed by atoms with van der Waals surface area (Å²) >= 11 is 0. The van der Waals surface area contributed by atoms with Crippen molar-refractivity contribution in [3.63, 3.8) is 0 Å². The highest BCUT2D eigenvalue weighted by atomic mass is 32.2. The summed E-state index contributed by atoms with van der Waals surface area (Å²) < 4.78 is 27.7. The van der Waals surface area contributed by atoms with Gasteiger partial charge in [-0.15, -0.1) is 0 Å². The summed E-state index contributed by atoms with van der Waals surface area (Å²) in [5, 5.41) is 10.0. The third kappa shape index (κ3) is 4.29. The fraction of sp³-hybridized carbons (Fsp3) is 0.769. The van der Waals surface area contributed by atoms with Gasteiger partial charge in [-0.2, -0.15) is 5.10 Å². The second-order valence-corrected chi connectivity index (χ2v) is 7.46. The molecule has 0 saturated heterocycles. The monoisotopic (exact) mass is 302 g/mol. The van der Waals surface area contributed by atoms with Crippen molar-refractivity contribution in [3.05, 3.63) is 11.4 Å². The second-order valence-electron chi connectivity index (χ2n) is 5.81. The van der Waals surface area contributed by atoms with Crippen LogP contribution in [0.3, 0.4) is 0 Å². The van der Waals surface area contributed by atoms with Crippen molar-refractivity contribution in [2.45, 2.75) is 65.1 Å². The van der Waals surface area contributed by atoms with Crippen molar-refractivity contribution in [2.24, 2.45) is 5.92 Å². The number of hydrogen-bond donors (Lipinski definition) is 3. The van der Waals surface area contributed by atoms with Gasteiger partial charge in [0.15, 0.2) is 0 Å². The molecule has 6 nitrogen and oxygen atoms in total. The lowest BCUT2D eigenvalue weighted by Gasteiger charge is -2.18. The molecule has 1 aromatic rings. The predicted molar refractivity (Wildman–Crippen MR) is 79.9 cm³/mol. The molecule has 3 N–H and O–H groups in total. The first-order valence-corrected chi connectivity index (χ1v) is 8.43. The van der Waals surface area contributed by atoms with Crippen LogP contribution in [0, 0.1) is 12.8 Å². The molecule has 0 saturated carbocycles. The number of aromatic nitrogens is 2. The van der Waals surface area contributed by atoms with Gasteiger partial charge in [-0.25, -0.2) is 13.1 Å². The van der Waals surface area contributed by atoms with Gasteiger partial charge >= 0.3 is 0 Å². The molecule has 0 aromatic carbocycles. The summed E-state index contributed by atoms with van der Waals surface area (Å²) in [6, 6.07) is 0.144. The number of sulfonamides is 1. The Balaban J connectivity index is 3.02. The van der Waals surface area contributed by atoms with Crippen LogP contribution in [0.25, 0.3) is 0 Å². The lowest BCUT2D eigenvalue weighted by atomic mass is 10.1. The Kier molecular flexibility index (Phi) is 5.73. The molecule has 0 spiro atoms. The van der Waals surface area contributed by atoms with E-state index in [4.69, 9.17) is 0 Å². The van der Waals surface area contributed by atoms with Crippen molar-refractivity contribution in [1.82, 2.24) is 20.2 Å². The van der Waals surface area contributed by atoms with Crippen LogP contribution >= 0.6 is 0 Å². The van der Waals surface area contributed by atoms with Gasteiger partial charge in [0.1, 0.15) is 4.90 Å². The largest absolute Gasteiger partial charge is 0.309 e. The molecule has 1 aromatic heterocycles. The zero-order chi connectivity index (χ0) is 15.5. The maximum absolute atomic E-state index is 12.5. The van der Waals surface area contributed by atoms with E-state index >= 15 is 0 Å². The predicted octanol–water partition coefficient (Wildman–Crippen LogP) is 1.54. The number of aromatic amines is 1. The molecule has 1 heterocycles. The maximum atomic E-state index is 12.5. The Labute approximate surface area is 121 Å². The molecule has 1 rings (SSSR count). The Bertz CT molecular complexity index is 535. The molecule has 1 atom stereocenters. The summed E-state index contributed by atoms with van der Waals surface area (Å²) in [5.41, 5.74) is 1.09. The molecular weight excluding hydrogens is 276 g/mol. The van der Waals surface area contributed by atoms with E-state index in [1.165, 1.54) is 0 Å².